The number of hydrogen-bond acceptors (Lipinski definition) is 6. The topological polar surface area (TPSA) is 78.9 Å². The zero-order valence-electron chi connectivity index (χ0n) is 36.7. The summed E-state index contributed by atoms with van der Waals surface area (Å²) in [5.41, 5.74) is 0. The fraction of sp³-hybridized carbons (Fsp3) is 0.938. The van der Waals surface area contributed by atoms with Gasteiger partial charge in [-0.3, -0.25) is 14.4 Å². The van der Waals surface area contributed by atoms with E-state index in [-0.39, 0.29) is 31.1 Å². The quantitative estimate of drug-likeness (QED) is 0.0349. The largest absolute Gasteiger partial charge is 0.462 e. The molecule has 0 aliphatic heterocycles. The van der Waals surface area contributed by atoms with Crippen LogP contribution in [0.2, 0.25) is 0 Å². The smallest absolute Gasteiger partial charge is 0.306 e. The molecule has 2 atom stereocenters. The fourth-order valence-electron chi connectivity index (χ4n) is 7.12. The highest BCUT2D eigenvalue weighted by molar-refractivity contribution is 5.71. The summed E-state index contributed by atoms with van der Waals surface area (Å²) in [4.78, 5) is 37.6. The van der Waals surface area contributed by atoms with Crippen LogP contribution in [-0.4, -0.2) is 37.2 Å². The monoisotopic (exact) mass is 765 g/mol. The molecule has 0 fully saturated rings. The maximum atomic E-state index is 12.6. The molecule has 0 aromatic carbocycles. The first kappa shape index (κ1) is 52.4. The molecule has 0 saturated carbocycles. The maximum absolute atomic E-state index is 12.6. The summed E-state index contributed by atoms with van der Waals surface area (Å²) in [7, 11) is 0. The molecule has 0 aromatic rings. The first-order valence-corrected chi connectivity index (χ1v) is 23.9. The normalized spacial score (nSPS) is 12.4. The molecule has 0 aliphatic rings. The third-order valence-corrected chi connectivity index (χ3v) is 11.2. The van der Waals surface area contributed by atoms with Crippen molar-refractivity contribution in [3.8, 4) is 0 Å². The van der Waals surface area contributed by atoms with Crippen molar-refractivity contribution in [2.45, 2.75) is 271 Å². The third kappa shape index (κ3) is 40.1. The van der Waals surface area contributed by atoms with Crippen molar-refractivity contribution >= 4 is 17.9 Å². The molecule has 0 N–H and O–H groups in total. The lowest BCUT2D eigenvalue weighted by Crippen LogP contribution is -2.30. The van der Waals surface area contributed by atoms with E-state index in [0.29, 0.717) is 19.3 Å². The van der Waals surface area contributed by atoms with Gasteiger partial charge in [0.25, 0.3) is 0 Å². The van der Waals surface area contributed by atoms with Crippen LogP contribution in [0.3, 0.4) is 0 Å². The summed E-state index contributed by atoms with van der Waals surface area (Å²) in [6.07, 6.45) is 42.5. The minimum absolute atomic E-state index is 0.0648. The van der Waals surface area contributed by atoms with E-state index >= 15 is 0 Å². The minimum atomic E-state index is -0.759. The van der Waals surface area contributed by atoms with Crippen molar-refractivity contribution in [1.82, 2.24) is 0 Å². The Morgan fingerprint density at radius 3 is 0.963 bits per heavy atom. The molecule has 0 aromatic heterocycles. The Balaban J connectivity index is 4.14. The predicted molar refractivity (Wildman–Crippen MR) is 229 cm³/mol. The van der Waals surface area contributed by atoms with Gasteiger partial charge in [0.05, 0.1) is 0 Å². The highest BCUT2D eigenvalue weighted by Gasteiger charge is 2.19. The molecule has 6 heteroatoms. The summed E-state index contributed by atoms with van der Waals surface area (Å²) >= 11 is 0. The summed E-state index contributed by atoms with van der Waals surface area (Å²) in [5.74, 6) is -0.0475. The Morgan fingerprint density at radius 2 is 0.648 bits per heavy atom. The third-order valence-electron chi connectivity index (χ3n) is 11.2. The van der Waals surface area contributed by atoms with Gasteiger partial charge in [0.1, 0.15) is 13.2 Å². The van der Waals surface area contributed by atoms with E-state index in [1.807, 2.05) is 0 Å². The molecule has 0 saturated heterocycles. The second kappa shape index (κ2) is 42.6. The van der Waals surface area contributed by atoms with Crippen LogP contribution in [0.5, 0.6) is 0 Å². The number of hydrogen-bond donors (Lipinski definition) is 0. The number of carbonyl (C=O) groups is 3. The SMILES string of the molecule is CCCCCCCCCCCCCCCCCCCCCC(=O)OC[C@H](COC(=O)CCCCCCCCC(C)CC)OC(=O)CCCCCCCCC. The van der Waals surface area contributed by atoms with E-state index in [9.17, 15) is 14.4 Å². The van der Waals surface area contributed by atoms with Gasteiger partial charge in [0.2, 0.25) is 0 Å². The van der Waals surface area contributed by atoms with Crippen LogP contribution in [0.25, 0.3) is 0 Å². The van der Waals surface area contributed by atoms with E-state index in [0.717, 1.165) is 63.7 Å². The van der Waals surface area contributed by atoms with Crippen molar-refractivity contribution in [1.29, 1.82) is 0 Å². The van der Waals surface area contributed by atoms with Gasteiger partial charge in [-0.2, -0.15) is 0 Å². The van der Waals surface area contributed by atoms with Crippen LogP contribution in [0.15, 0.2) is 0 Å². The lowest BCUT2D eigenvalue weighted by atomic mass is 10.00. The van der Waals surface area contributed by atoms with E-state index in [4.69, 9.17) is 14.2 Å². The van der Waals surface area contributed by atoms with E-state index < -0.39 is 6.10 Å². The molecule has 0 spiro atoms. The van der Waals surface area contributed by atoms with Gasteiger partial charge in [-0.15, -0.1) is 0 Å². The van der Waals surface area contributed by atoms with Gasteiger partial charge in [-0.1, -0.05) is 227 Å². The van der Waals surface area contributed by atoms with Gasteiger partial charge in [0, 0.05) is 19.3 Å². The standard InChI is InChI=1S/C48H92O6/c1-5-8-10-12-14-15-16-17-18-19-20-21-22-23-24-25-27-31-35-39-46(49)52-42-45(54-48(51)41-37-33-26-13-11-9-6-2)43-53-47(50)40-36-32-29-28-30-34-38-44(4)7-3/h44-45H,5-43H2,1-4H3/t44?,45-/m1/s1. The molecular formula is C48H92O6. The summed E-state index contributed by atoms with van der Waals surface area (Å²) in [6, 6.07) is 0. The summed E-state index contributed by atoms with van der Waals surface area (Å²) in [6.45, 7) is 8.94. The number of esters is 3. The summed E-state index contributed by atoms with van der Waals surface area (Å²) < 4.78 is 16.7. The maximum Gasteiger partial charge on any atom is 0.306 e. The van der Waals surface area contributed by atoms with Crippen molar-refractivity contribution in [3.63, 3.8) is 0 Å². The Kier molecular flexibility index (Phi) is 41.3. The van der Waals surface area contributed by atoms with Gasteiger partial charge in [-0.25, -0.2) is 0 Å². The molecule has 0 aliphatic carbocycles. The average molecular weight is 765 g/mol. The van der Waals surface area contributed by atoms with Crippen molar-refractivity contribution < 1.29 is 28.6 Å². The average Bonchev–Trinajstić information content (AvgIpc) is 3.17. The van der Waals surface area contributed by atoms with Crippen LogP contribution in [-0.2, 0) is 28.6 Å². The molecule has 0 bridgehead atoms. The first-order chi connectivity index (χ1) is 26.4. The molecule has 320 valence electrons. The van der Waals surface area contributed by atoms with Gasteiger partial charge in [0.15, 0.2) is 6.10 Å². The molecular weight excluding hydrogens is 673 g/mol. The zero-order chi connectivity index (χ0) is 39.6. The Hall–Kier alpha value is -1.59. The van der Waals surface area contributed by atoms with Gasteiger partial charge < -0.3 is 14.2 Å². The highest BCUT2D eigenvalue weighted by atomic mass is 16.6. The Bertz CT molecular complexity index is 813. The second-order valence-corrected chi connectivity index (χ2v) is 16.6. The fourth-order valence-corrected chi connectivity index (χ4v) is 7.12. The highest BCUT2D eigenvalue weighted by Crippen LogP contribution is 2.17. The Morgan fingerprint density at radius 1 is 0.370 bits per heavy atom. The summed E-state index contributed by atoms with van der Waals surface area (Å²) in [5, 5.41) is 0. The lowest BCUT2D eigenvalue weighted by molar-refractivity contribution is -0.167. The van der Waals surface area contributed by atoms with E-state index in [1.54, 1.807) is 0 Å². The Labute approximate surface area is 336 Å². The first-order valence-electron chi connectivity index (χ1n) is 23.9. The van der Waals surface area contributed by atoms with Crippen LogP contribution >= 0.6 is 0 Å². The molecule has 0 radical (unpaired) electrons. The molecule has 0 heterocycles. The van der Waals surface area contributed by atoms with E-state index in [2.05, 4.69) is 27.7 Å². The van der Waals surface area contributed by atoms with Crippen LogP contribution in [0, 0.1) is 5.92 Å². The molecule has 54 heavy (non-hydrogen) atoms. The van der Waals surface area contributed by atoms with Crippen LogP contribution in [0.1, 0.15) is 265 Å². The number of carbonyl (C=O) groups excluding carboxylic acids is 3. The van der Waals surface area contributed by atoms with E-state index in [1.165, 1.54) is 161 Å². The van der Waals surface area contributed by atoms with Gasteiger partial charge >= 0.3 is 17.9 Å². The van der Waals surface area contributed by atoms with Crippen molar-refractivity contribution in [3.05, 3.63) is 0 Å². The molecule has 0 rings (SSSR count). The van der Waals surface area contributed by atoms with Crippen LogP contribution in [0.4, 0.5) is 0 Å². The minimum Gasteiger partial charge on any atom is -0.462 e. The molecule has 1 unspecified atom stereocenters. The second-order valence-electron chi connectivity index (χ2n) is 16.6. The molecule has 6 nitrogen and oxygen atoms in total. The number of unbranched alkanes of at least 4 members (excludes halogenated alkanes) is 29. The van der Waals surface area contributed by atoms with Gasteiger partial charge in [-0.05, 0) is 25.2 Å². The predicted octanol–water partition coefficient (Wildman–Crippen LogP) is 15.1. The number of rotatable bonds is 43. The van der Waals surface area contributed by atoms with Crippen molar-refractivity contribution in [2.75, 3.05) is 13.2 Å². The van der Waals surface area contributed by atoms with Crippen LogP contribution < -0.4 is 0 Å². The van der Waals surface area contributed by atoms with Crippen molar-refractivity contribution in [2.24, 2.45) is 5.92 Å². The zero-order valence-corrected chi connectivity index (χ0v) is 36.7. The lowest BCUT2D eigenvalue weighted by Gasteiger charge is -2.18. The number of ether oxygens (including phenoxy) is 3. The molecule has 0 amide bonds.